The quantitative estimate of drug-likeness (QED) is 0.242. The van der Waals surface area contributed by atoms with E-state index in [1.807, 2.05) is 24.3 Å². The highest BCUT2D eigenvalue weighted by Gasteiger charge is 2.03. The van der Waals surface area contributed by atoms with Gasteiger partial charge in [0, 0.05) is 0 Å². The van der Waals surface area contributed by atoms with Gasteiger partial charge < -0.3 is 4.74 Å². The van der Waals surface area contributed by atoms with E-state index in [0.717, 1.165) is 6.42 Å². The van der Waals surface area contributed by atoms with Gasteiger partial charge in [0.05, 0.1) is 5.56 Å². The predicted molar refractivity (Wildman–Crippen MR) is 97.7 cm³/mol. The third-order valence-electron chi connectivity index (χ3n) is 3.96. The first-order chi connectivity index (χ1) is 11.3. The van der Waals surface area contributed by atoms with Gasteiger partial charge in [0.15, 0.2) is 0 Å². The Hall–Kier alpha value is -1.57. The molecule has 1 aromatic carbocycles. The summed E-state index contributed by atoms with van der Waals surface area (Å²) in [5, 5.41) is 0. The molecule has 0 amide bonds. The third-order valence-corrected chi connectivity index (χ3v) is 3.96. The Labute approximate surface area is 141 Å². The van der Waals surface area contributed by atoms with Crippen molar-refractivity contribution in [2.24, 2.45) is 0 Å². The minimum absolute atomic E-state index is 0.252. The highest BCUT2D eigenvalue weighted by Crippen LogP contribution is 2.10. The zero-order chi connectivity index (χ0) is 16.6. The van der Waals surface area contributed by atoms with Crippen LogP contribution in [-0.2, 0) is 4.74 Å². The van der Waals surface area contributed by atoms with Gasteiger partial charge in [-0.25, -0.2) is 4.79 Å². The second kappa shape index (κ2) is 14.0. The molecule has 2 nitrogen and oxygen atoms in total. The molecule has 0 aromatic heterocycles. The second-order valence-electron chi connectivity index (χ2n) is 6.05. The summed E-state index contributed by atoms with van der Waals surface area (Å²) in [6.07, 6.45) is 17.3. The van der Waals surface area contributed by atoms with E-state index in [9.17, 15) is 4.79 Å². The molecule has 0 fully saturated rings. The van der Waals surface area contributed by atoms with E-state index in [-0.39, 0.29) is 5.97 Å². The molecule has 0 heterocycles. The minimum atomic E-state index is -0.252. The molecule has 0 aliphatic rings. The monoisotopic (exact) mass is 316 g/mol. The summed E-state index contributed by atoms with van der Waals surface area (Å²) in [6.45, 7) is 2.63. The molecule has 0 saturated carbocycles. The lowest BCUT2D eigenvalue weighted by atomic mass is 10.1. The van der Waals surface area contributed by atoms with Gasteiger partial charge in [0.1, 0.15) is 6.61 Å². The standard InChI is InChI=1S/C21H32O2/c1-2-3-4-5-6-7-8-9-10-11-12-16-19-23-21(22)20-17-14-13-15-18-20/h12-18H,2-11,19H2,1H3/b16-12-. The summed E-state index contributed by atoms with van der Waals surface area (Å²) in [7, 11) is 0. The van der Waals surface area contributed by atoms with Crippen molar-refractivity contribution >= 4 is 5.97 Å². The molecule has 0 atom stereocenters. The van der Waals surface area contributed by atoms with Crippen LogP contribution in [0, 0.1) is 0 Å². The average molecular weight is 316 g/mol. The van der Waals surface area contributed by atoms with Crippen molar-refractivity contribution in [3.8, 4) is 0 Å². The Morgan fingerprint density at radius 1 is 0.870 bits per heavy atom. The molecule has 0 aliphatic carbocycles. The summed E-state index contributed by atoms with van der Waals surface area (Å²) in [6, 6.07) is 9.12. The Bertz CT molecular complexity index is 423. The molecule has 0 bridgehead atoms. The van der Waals surface area contributed by atoms with Crippen LogP contribution in [0.2, 0.25) is 0 Å². The van der Waals surface area contributed by atoms with E-state index in [4.69, 9.17) is 4.74 Å². The predicted octanol–water partition coefficient (Wildman–Crippen LogP) is 6.32. The molecule has 2 heteroatoms. The summed E-state index contributed by atoms with van der Waals surface area (Å²) in [4.78, 5) is 11.7. The smallest absolute Gasteiger partial charge is 0.338 e. The molecule has 23 heavy (non-hydrogen) atoms. The summed E-state index contributed by atoms with van der Waals surface area (Å²) >= 11 is 0. The van der Waals surface area contributed by atoms with Crippen molar-refractivity contribution in [1.29, 1.82) is 0 Å². The number of hydrogen-bond acceptors (Lipinski definition) is 2. The van der Waals surface area contributed by atoms with Crippen LogP contribution in [0.15, 0.2) is 42.5 Å². The van der Waals surface area contributed by atoms with E-state index >= 15 is 0 Å². The number of esters is 1. The number of allylic oxidation sites excluding steroid dienone is 1. The number of benzene rings is 1. The van der Waals surface area contributed by atoms with Crippen molar-refractivity contribution in [3.63, 3.8) is 0 Å². The van der Waals surface area contributed by atoms with Gasteiger partial charge in [-0.2, -0.15) is 0 Å². The SMILES string of the molecule is CCCCCCCCCCC/C=C\COC(=O)c1ccccc1. The number of carbonyl (C=O) groups excluding carboxylic acids is 1. The molecule has 0 unspecified atom stereocenters. The molecule has 128 valence electrons. The highest BCUT2D eigenvalue weighted by molar-refractivity contribution is 5.89. The van der Waals surface area contributed by atoms with Gasteiger partial charge in [-0.3, -0.25) is 0 Å². The maximum Gasteiger partial charge on any atom is 0.338 e. The second-order valence-corrected chi connectivity index (χ2v) is 6.05. The zero-order valence-electron chi connectivity index (χ0n) is 14.6. The first-order valence-corrected chi connectivity index (χ1v) is 9.21. The van der Waals surface area contributed by atoms with Crippen molar-refractivity contribution in [1.82, 2.24) is 0 Å². The molecular formula is C21H32O2. The van der Waals surface area contributed by atoms with Crippen LogP contribution in [-0.4, -0.2) is 12.6 Å². The highest BCUT2D eigenvalue weighted by atomic mass is 16.5. The van der Waals surface area contributed by atoms with Crippen LogP contribution >= 0.6 is 0 Å². The minimum Gasteiger partial charge on any atom is -0.458 e. The Kier molecular flexibility index (Phi) is 11.9. The van der Waals surface area contributed by atoms with Crippen LogP contribution in [0.3, 0.4) is 0 Å². The lowest BCUT2D eigenvalue weighted by molar-refractivity contribution is 0.0549. The van der Waals surface area contributed by atoms with Crippen LogP contribution in [0.4, 0.5) is 0 Å². The lowest BCUT2D eigenvalue weighted by Crippen LogP contribution is -2.04. The van der Waals surface area contributed by atoms with Crippen LogP contribution in [0.1, 0.15) is 81.5 Å². The Balaban J connectivity index is 1.90. The third kappa shape index (κ3) is 10.7. The first kappa shape index (κ1) is 19.5. The van der Waals surface area contributed by atoms with Crippen LogP contribution < -0.4 is 0 Å². The van der Waals surface area contributed by atoms with E-state index in [1.54, 1.807) is 12.1 Å². The molecule has 0 spiro atoms. The summed E-state index contributed by atoms with van der Waals surface area (Å²) in [5.74, 6) is -0.252. The summed E-state index contributed by atoms with van der Waals surface area (Å²) < 4.78 is 5.19. The fraction of sp³-hybridized carbons (Fsp3) is 0.571. The number of carbonyl (C=O) groups is 1. The molecule has 1 aromatic rings. The van der Waals surface area contributed by atoms with Gasteiger partial charge in [0.25, 0.3) is 0 Å². The molecule has 0 N–H and O–H groups in total. The number of hydrogen-bond donors (Lipinski definition) is 0. The maximum atomic E-state index is 11.7. The van der Waals surface area contributed by atoms with E-state index in [0.29, 0.717) is 12.2 Å². The molecule has 0 saturated heterocycles. The van der Waals surface area contributed by atoms with Crippen LogP contribution in [0.5, 0.6) is 0 Å². The Morgan fingerprint density at radius 3 is 2.13 bits per heavy atom. The maximum absolute atomic E-state index is 11.7. The van der Waals surface area contributed by atoms with Gasteiger partial charge in [-0.15, -0.1) is 0 Å². The van der Waals surface area contributed by atoms with Gasteiger partial charge in [0.2, 0.25) is 0 Å². The molecule has 0 aliphatic heterocycles. The topological polar surface area (TPSA) is 26.3 Å². The van der Waals surface area contributed by atoms with Gasteiger partial charge in [-0.1, -0.05) is 88.6 Å². The molecule has 1 rings (SSSR count). The largest absolute Gasteiger partial charge is 0.458 e. The average Bonchev–Trinajstić information content (AvgIpc) is 2.59. The lowest BCUT2D eigenvalue weighted by Gasteiger charge is -2.01. The number of unbranched alkanes of at least 4 members (excludes halogenated alkanes) is 9. The van der Waals surface area contributed by atoms with E-state index < -0.39 is 0 Å². The molecule has 0 radical (unpaired) electrons. The van der Waals surface area contributed by atoms with Gasteiger partial charge in [-0.05, 0) is 25.0 Å². The van der Waals surface area contributed by atoms with E-state index in [2.05, 4.69) is 13.0 Å². The molecular weight excluding hydrogens is 284 g/mol. The van der Waals surface area contributed by atoms with Crippen molar-refractivity contribution in [2.75, 3.05) is 6.61 Å². The zero-order valence-corrected chi connectivity index (χ0v) is 14.6. The van der Waals surface area contributed by atoms with Crippen molar-refractivity contribution in [3.05, 3.63) is 48.0 Å². The first-order valence-electron chi connectivity index (χ1n) is 9.21. The van der Waals surface area contributed by atoms with Crippen molar-refractivity contribution in [2.45, 2.75) is 71.1 Å². The van der Waals surface area contributed by atoms with Crippen molar-refractivity contribution < 1.29 is 9.53 Å². The number of rotatable bonds is 13. The summed E-state index contributed by atoms with van der Waals surface area (Å²) in [5.41, 5.74) is 0.611. The Morgan fingerprint density at radius 2 is 1.48 bits per heavy atom. The fourth-order valence-corrected chi connectivity index (χ4v) is 2.54. The van der Waals surface area contributed by atoms with Gasteiger partial charge >= 0.3 is 5.97 Å². The fourth-order valence-electron chi connectivity index (χ4n) is 2.54. The van der Waals surface area contributed by atoms with E-state index in [1.165, 1.54) is 57.8 Å². The number of ether oxygens (including phenoxy) is 1. The normalized spacial score (nSPS) is 11.0. The van der Waals surface area contributed by atoms with Crippen LogP contribution in [0.25, 0.3) is 0 Å².